The summed E-state index contributed by atoms with van der Waals surface area (Å²) in [5.74, 6) is 0.0491. The highest BCUT2D eigenvalue weighted by atomic mass is 79.9. The lowest BCUT2D eigenvalue weighted by molar-refractivity contribution is -0.117. The third-order valence-electron chi connectivity index (χ3n) is 3.44. The molecule has 1 aliphatic rings. The van der Waals surface area contributed by atoms with E-state index in [1.54, 1.807) is 0 Å². The molecule has 1 heterocycles. The van der Waals surface area contributed by atoms with Gasteiger partial charge in [-0.3, -0.25) is 9.69 Å². The topological polar surface area (TPSA) is 44.4 Å². The van der Waals surface area contributed by atoms with Gasteiger partial charge >= 0.3 is 0 Å². The van der Waals surface area contributed by atoms with Gasteiger partial charge in [-0.25, -0.2) is 0 Å². The molecule has 21 heavy (non-hydrogen) atoms. The molecule has 2 atom stereocenters. The molecule has 118 valence electrons. The van der Waals surface area contributed by atoms with Crippen LogP contribution in [-0.4, -0.2) is 42.5 Å². The first-order valence-electron chi connectivity index (χ1n) is 6.98. The summed E-state index contributed by atoms with van der Waals surface area (Å²) in [4.78, 5) is 14.3. The van der Waals surface area contributed by atoms with Crippen LogP contribution < -0.4 is 10.6 Å². The molecule has 2 unspecified atom stereocenters. The van der Waals surface area contributed by atoms with Gasteiger partial charge in [0, 0.05) is 35.3 Å². The lowest BCUT2D eigenvalue weighted by Gasteiger charge is -2.35. The molecule has 1 fully saturated rings. The predicted molar refractivity (Wildman–Crippen MR) is 93.3 cm³/mol. The number of amides is 1. The molecule has 1 saturated heterocycles. The van der Waals surface area contributed by atoms with Crippen molar-refractivity contribution in [2.45, 2.75) is 32.9 Å². The number of nitrogens with one attached hydrogen (secondary N) is 2. The van der Waals surface area contributed by atoms with Crippen molar-refractivity contribution in [3.63, 3.8) is 0 Å². The Balaban J connectivity index is 0.00000220. The van der Waals surface area contributed by atoms with Crippen molar-refractivity contribution in [2.75, 3.05) is 25.0 Å². The molecule has 2 N–H and O–H groups in total. The third-order valence-corrected chi connectivity index (χ3v) is 4.33. The Kier molecular flexibility index (Phi) is 7.13. The fourth-order valence-electron chi connectivity index (χ4n) is 2.70. The van der Waals surface area contributed by atoms with Crippen LogP contribution in [0.25, 0.3) is 0 Å². The van der Waals surface area contributed by atoms with Gasteiger partial charge in [0.2, 0.25) is 5.91 Å². The number of piperazine rings is 1. The van der Waals surface area contributed by atoms with Gasteiger partial charge < -0.3 is 10.6 Å². The molecular weight excluding hydrogens is 354 g/mol. The van der Waals surface area contributed by atoms with Crippen molar-refractivity contribution in [1.82, 2.24) is 10.2 Å². The smallest absolute Gasteiger partial charge is 0.238 e. The third kappa shape index (κ3) is 5.58. The molecule has 1 aromatic rings. The van der Waals surface area contributed by atoms with Gasteiger partial charge in [-0.05, 0) is 44.5 Å². The highest BCUT2D eigenvalue weighted by Crippen LogP contribution is 2.20. The Morgan fingerprint density at radius 3 is 2.57 bits per heavy atom. The van der Waals surface area contributed by atoms with Crippen LogP contribution in [0.4, 0.5) is 5.69 Å². The molecule has 2 rings (SSSR count). The van der Waals surface area contributed by atoms with Crippen molar-refractivity contribution in [1.29, 1.82) is 0 Å². The summed E-state index contributed by atoms with van der Waals surface area (Å²) < 4.78 is 1.06. The molecule has 1 amide bonds. The van der Waals surface area contributed by atoms with Gasteiger partial charge in [0.25, 0.3) is 0 Å². The van der Waals surface area contributed by atoms with Crippen molar-refractivity contribution < 1.29 is 4.79 Å². The quantitative estimate of drug-likeness (QED) is 0.852. The van der Waals surface area contributed by atoms with Crippen LogP contribution in [0, 0.1) is 6.92 Å². The van der Waals surface area contributed by atoms with Crippen LogP contribution in [-0.2, 0) is 4.79 Å². The summed E-state index contributed by atoms with van der Waals surface area (Å²) in [5, 5.41) is 6.43. The van der Waals surface area contributed by atoms with Crippen LogP contribution in [0.3, 0.4) is 0 Å². The number of carbonyl (C=O) groups excluding carboxylic acids is 1. The van der Waals surface area contributed by atoms with E-state index >= 15 is 0 Å². The summed E-state index contributed by atoms with van der Waals surface area (Å²) in [7, 11) is 0. The Morgan fingerprint density at radius 1 is 1.38 bits per heavy atom. The molecule has 6 heteroatoms. The van der Waals surface area contributed by atoms with E-state index in [0.29, 0.717) is 18.6 Å². The van der Waals surface area contributed by atoms with E-state index in [9.17, 15) is 4.79 Å². The Hall–Kier alpha value is -0.620. The molecule has 0 radical (unpaired) electrons. The molecular formula is C15H23BrClN3O. The second-order valence-corrected chi connectivity index (χ2v) is 6.53. The number of benzene rings is 1. The van der Waals surface area contributed by atoms with Gasteiger partial charge in [0.05, 0.1) is 6.54 Å². The van der Waals surface area contributed by atoms with E-state index in [4.69, 9.17) is 0 Å². The minimum atomic E-state index is 0. The lowest BCUT2D eigenvalue weighted by atomic mass is 10.1. The van der Waals surface area contributed by atoms with E-state index in [-0.39, 0.29) is 18.3 Å². The molecule has 1 aromatic carbocycles. The number of aryl methyl sites for hydroxylation is 1. The van der Waals surface area contributed by atoms with Gasteiger partial charge in [-0.15, -0.1) is 12.4 Å². The van der Waals surface area contributed by atoms with E-state index in [2.05, 4.69) is 45.3 Å². The molecule has 0 spiro atoms. The fraction of sp³-hybridized carbons (Fsp3) is 0.533. The Bertz CT molecular complexity index is 488. The normalized spacial score (nSPS) is 22.5. The van der Waals surface area contributed by atoms with Crippen LogP contribution in [0.1, 0.15) is 19.4 Å². The van der Waals surface area contributed by atoms with Gasteiger partial charge in [-0.2, -0.15) is 0 Å². The number of anilines is 1. The molecule has 0 aromatic heterocycles. The fourth-order valence-corrected chi connectivity index (χ4v) is 2.94. The van der Waals surface area contributed by atoms with Gasteiger partial charge in [-0.1, -0.05) is 15.9 Å². The first-order valence-corrected chi connectivity index (χ1v) is 7.77. The Morgan fingerprint density at radius 2 is 2.00 bits per heavy atom. The monoisotopic (exact) mass is 375 g/mol. The summed E-state index contributed by atoms with van der Waals surface area (Å²) in [6, 6.07) is 6.71. The predicted octanol–water partition coefficient (Wildman–Crippen LogP) is 2.80. The van der Waals surface area contributed by atoms with Crippen molar-refractivity contribution in [3.8, 4) is 0 Å². The summed E-state index contributed by atoms with van der Waals surface area (Å²) >= 11 is 3.46. The maximum atomic E-state index is 12.1. The standard InChI is InChI=1S/C15H22BrN3O.ClH/c1-10-6-13(4-5-14(10)16)18-15(20)9-19-7-11(2)17-12(3)8-19;/h4-6,11-12,17H,7-9H2,1-3H3,(H,18,20);1H. The lowest BCUT2D eigenvalue weighted by Crippen LogP contribution is -2.55. The number of halogens is 2. The highest BCUT2D eigenvalue weighted by Gasteiger charge is 2.22. The second kappa shape index (κ2) is 8.13. The van der Waals surface area contributed by atoms with E-state index in [1.165, 1.54) is 0 Å². The van der Waals surface area contributed by atoms with Crippen LogP contribution >= 0.6 is 28.3 Å². The molecule has 1 aliphatic heterocycles. The number of carbonyl (C=O) groups is 1. The zero-order valence-electron chi connectivity index (χ0n) is 12.6. The number of hydrogen-bond donors (Lipinski definition) is 2. The number of nitrogens with zero attached hydrogens (tertiary/aromatic N) is 1. The molecule has 4 nitrogen and oxygen atoms in total. The average molecular weight is 377 g/mol. The molecule has 0 saturated carbocycles. The average Bonchev–Trinajstić information content (AvgIpc) is 2.32. The highest BCUT2D eigenvalue weighted by molar-refractivity contribution is 9.10. The number of rotatable bonds is 3. The summed E-state index contributed by atoms with van der Waals surface area (Å²) in [5.41, 5.74) is 1.97. The minimum Gasteiger partial charge on any atom is -0.325 e. The van der Waals surface area contributed by atoms with Crippen molar-refractivity contribution >= 4 is 39.9 Å². The second-order valence-electron chi connectivity index (χ2n) is 5.67. The van der Waals surface area contributed by atoms with Crippen LogP contribution in [0.5, 0.6) is 0 Å². The SMILES string of the molecule is Cc1cc(NC(=O)CN2CC(C)NC(C)C2)ccc1Br.Cl. The van der Waals surface area contributed by atoms with Crippen LogP contribution in [0.15, 0.2) is 22.7 Å². The first-order chi connectivity index (χ1) is 9.44. The first kappa shape index (κ1) is 18.4. The molecule has 0 bridgehead atoms. The van der Waals surface area contributed by atoms with Crippen molar-refractivity contribution in [2.24, 2.45) is 0 Å². The van der Waals surface area contributed by atoms with Crippen molar-refractivity contribution in [3.05, 3.63) is 28.2 Å². The van der Waals surface area contributed by atoms with E-state index in [1.807, 2.05) is 25.1 Å². The minimum absolute atomic E-state index is 0. The number of hydrogen-bond acceptors (Lipinski definition) is 3. The maximum Gasteiger partial charge on any atom is 0.238 e. The van der Waals surface area contributed by atoms with Gasteiger partial charge in [0.15, 0.2) is 0 Å². The largest absolute Gasteiger partial charge is 0.325 e. The zero-order chi connectivity index (χ0) is 14.7. The van der Waals surface area contributed by atoms with E-state index < -0.39 is 0 Å². The Labute approximate surface area is 141 Å². The zero-order valence-corrected chi connectivity index (χ0v) is 15.1. The van der Waals surface area contributed by atoms with Crippen LogP contribution in [0.2, 0.25) is 0 Å². The van der Waals surface area contributed by atoms with Gasteiger partial charge in [0.1, 0.15) is 0 Å². The maximum absolute atomic E-state index is 12.1. The summed E-state index contributed by atoms with van der Waals surface area (Å²) in [6.45, 7) is 8.59. The summed E-state index contributed by atoms with van der Waals surface area (Å²) in [6.07, 6.45) is 0. The molecule has 0 aliphatic carbocycles. The van der Waals surface area contributed by atoms with E-state index in [0.717, 1.165) is 28.8 Å².